The minimum atomic E-state index is -1.22. The number of aliphatic hydroxyl groups is 1. The lowest BCUT2D eigenvalue weighted by Gasteiger charge is -2.26. The van der Waals surface area contributed by atoms with E-state index in [9.17, 15) is 19.5 Å². The van der Waals surface area contributed by atoms with Crippen LogP contribution >= 0.6 is 0 Å². The first kappa shape index (κ1) is 62.6. The molecule has 0 aromatic rings. The van der Waals surface area contributed by atoms with Crippen LogP contribution in [0.4, 0.5) is 0 Å². The highest BCUT2D eigenvalue weighted by molar-refractivity contribution is 5.71. The molecule has 1 N–H and O–H groups in total. The molecule has 1 aliphatic rings. The van der Waals surface area contributed by atoms with Gasteiger partial charge in [0.05, 0.1) is 6.61 Å². The van der Waals surface area contributed by atoms with Crippen molar-refractivity contribution in [2.24, 2.45) is 0 Å². The van der Waals surface area contributed by atoms with E-state index >= 15 is 0 Å². The zero-order valence-corrected chi connectivity index (χ0v) is 44.0. The Hall–Kier alpha value is -2.45. The van der Waals surface area contributed by atoms with Gasteiger partial charge in [-0.3, -0.25) is 14.4 Å². The van der Waals surface area contributed by atoms with Crippen LogP contribution in [0.3, 0.4) is 0 Å². The Morgan fingerprint density at radius 2 is 0.731 bits per heavy atom. The number of carbonyl (C=O) groups excluding carboxylic acids is 3. The van der Waals surface area contributed by atoms with E-state index in [2.05, 4.69) is 57.2 Å². The maximum atomic E-state index is 13.1. The third-order valence-electron chi connectivity index (χ3n) is 13.2. The molecule has 8 heteroatoms. The highest BCUT2D eigenvalue weighted by Crippen LogP contribution is 2.26. The van der Waals surface area contributed by atoms with Crippen LogP contribution < -0.4 is 0 Å². The molecule has 0 aliphatic carbocycles. The van der Waals surface area contributed by atoms with E-state index in [0.717, 1.165) is 103 Å². The minimum Gasteiger partial charge on any atom is -0.463 e. The number of rotatable bonds is 49. The van der Waals surface area contributed by atoms with Crippen molar-refractivity contribution in [3.05, 3.63) is 36.5 Å². The molecular weight excluding hydrogens is 837 g/mol. The second-order valence-electron chi connectivity index (χ2n) is 19.7. The maximum absolute atomic E-state index is 13.1. The van der Waals surface area contributed by atoms with Crippen LogP contribution in [0.1, 0.15) is 284 Å². The summed E-state index contributed by atoms with van der Waals surface area (Å²) < 4.78 is 23.1. The summed E-state index contributed by atoms with van der Waals surface area (Å²) >= 11 is 0. The highest BCUT2D eigenvalue weighted by atomic mass is 16.6. The largest absolute Gasteiger partial charge is 0.463 e. The van der Waals surface area contributed by atoms with Crippen molar-refractivity contribution < 1.29 is 38.4 Å². The van der Waals surface area contributed by atoms with Crippen molar-refractivity contribution in [1.82, 2.24) is 0 Å². The Kier molecular flexibility index (Phi) is 45.4. The quantitative estimate of drug-likeness (QED) is 0.0278. The van der Waals surface area contributed by atoms with Gasteiger partial charge in [0.2, 0.25) is 0 Å². The summed E-state index contributed by atoms with van der Waals surface area (Å²) in [6, 6.07) is 0. The average Bonchev–Trinajstić information content (AvgIpc) is 3.71. The van der Waals surface area contributed by atoms with Crippen molar-refractivity contribution in [3.63, 3.8) is 0 Å². The van der Waals surface area contributed by atoms with Gasteiger partial charge in [-0.2, -0.15) is 0 Å². The monoisotopic (exact) mass is 943 g/mol. The molecule has 0 aromatic heterocycles. The van der Waals surface area contributed by atoms with Crippen molar-refractivity contribution in [1.29, 1.82) is 0 Å². The summed E-state index contributed by atoms with van der Waals surface area (Å²) in [6.07, 6.45) is 55.4. The van der Waals surface area contributed by atoms with Gasteiger partial charge in [0.25, 0.3) is 0 Å². The van der Waals surface area contributed by atoms with Gasteiger partial charge in [-0.1, -0.05) is 205 Å². The predicted molar refractivity (Wildman–Crippen MR) is 280 cm³/mol. The van der Waals surface area contributed by atoms with E-state index in [4.69, 9.17) is 18.9 Å². The number of aliphatic hydroxyl groups excluding tert-OH is 1. The second kappa shape index (κ2) is 48.6. The molecule has 0 amide bonds. The number of carbonyl (C=O) groups is 3. The Bertz CT molecular complexity index is 1210. The summed E-state index contributed by atoms with van der Waals surface area (Å²) in [5.41, 5.74) is 0. The molecule has 0 aromatic carbocycles. The Morgan fingerprint density at radius 1 is 0.433 bits per heavy atom. The third-order valence-corrected chi connectivity index (χ3v) is 13.2. The van der Waals surface area contributed by atoms with Crippen molar-refractivity contribution in [2.45, 2.75) is 308 Å². The van der Waals surface area contributed by atoms with Gasteiger partial charge in [0.15, 0.2) is 12.2 Å². The molecule has 390 valence electrons. The Morgan fingerprint density at radius 3 is 1.09 bits per heavy atom. The van der Waals surface area contributed by atoms with Crippen molar-refractivity contribution >= 4 is 17.9 Å². The molecule has 1 rings (SSSR count). The van der Waals surface area contributed by atoms with E-state index in [1.807, 2.05) is 0 Å². The summed E-state index contributed by atoms with van der Waals surface area (Å²) in [4.78, 5) is 38.7. The molecule has 67 heavy (non-hydrogen) atoms. The fraction of sp³-hybridized carbons (Fsp3) is 0.847. The van der Waals surface area contributed by atoms with Gasteiger partial charge < -0.3 is 24.1 Å². The van der Waals surface area contributed by atoms with Gasteiger partial charge in [0, 0.05) is 19.3 Å². The second-order valence-corrected chi connectivity index (χ2v) is 19.7. The fourth-order valence-electron chi connectivity index (χ4n) is 8.81. The van der Waals surface area contributed by atoms with Crippen LogP contribution in [0.25, 0.3) is 0 Å². The first-order valence-corrected chi connectivity index (χ1v) is 28.7. The van der Waals surface area contributed by atoms with Gasteiger partial charge in [-0.25, -0.2) is 0 Å². The van der Waals surface area contributed by atoms with Crippen LogP contribution in [-0.4, -0.2) is 60.6 Å². The lowest BCUT2D eigenvalue weighted by Crippen LogP contribution is -2.45. The summed E-state index contributed by atoms with van der Waals surface area (Å²) in [5.74, 6) is -1.11. The van der Waals surface area contributed by atoms with E-state index in [0.29, 0.717) is 6.42 Å². The lowest BCUT2D eigenvalue weighted by molar-refractivity contribution is -0.170. The number of hydrogen-bond donors (Lipinski definition) is 1. The molecule has 0 unspecified atom stereocenters. The summed E-state index contributed by atoms with van der Waals surface area (Å²) in [7, 11) is 0. The first-order valence-electron chi connectivity index (χ1n) is 28.7. The van der Waals surface area contributed by atoms with E-state index in [1.54, 1.807) is 0 Å². The SMILES string of the molecule is CCCCCCCCC=CCCCCCCCC(=O)O[C@H]1[C@@H]([C@H](O)COC(=O)CCCCCCC=CCCCCCCCC)OC[C@@H]1OC(=O)CCCCCCCC=CCCCCCCCC. The number of unbranched alkanes of at least 4 members (excludes halogenated alkanes) is 32. The summed E-state index contributed by atoms with van der Waals surface area (Å²) in [5, 5.41) is 11.1. The molecule has 0 spiro atoms. The molecule has 1 saturated heterocycles. The van der Waals surface area contributed by atoms with Gasteiger partial charge in [0.1, 0.15) is 18.8 Å². The van der Waals surface area contributed by atoms with Crippen LogP contribution in [0.2, 0.25) is 0 Å². The molecule has 0 saturated carbocycles. The first-order chi connectivity index (χ1) is 32.9. The van der Waals surface area contributed by atoms with Crippen LogP contribution in [-0.2, 0) is 33.3 Å². The Balaban J connectivity index is 2.46. The standard InChI is InChI=1S/C59H106O8/c1-4-7-10-13-16-19-22-25-28-31-34-37-40-43-46-49-56(62)66-54-52-65-58(53(60)51-64-55(61)48-45-42-39-36-33-30-27-24-21-18-15-12-9-6-3)59(54)67-57(63)50-47-44-41-38-35-32-29-26-23-20-17-14-11-8-5-2/h25-30,53-54,58-60H,4-24,31-52H2,1-3H3/t53-,54+,58-,59-/m1/s1. The number of ether oxygens (including phenoxy) is 4. The van der Waals surface area contributed by atoms with Crippen LogP contribution in [0.5, 0.6) is 0 Å². The van der Waals surface area contributed by atoms with Gasteiger partial charge in [-0.15, -0.1) is 0 Å². The zero-order chi connectivity index (χ0) is 48.5. The average molecular weight is 943 g/mol. The van der Waals surface area contributed by atoms with Crippen molar-refractivity contribution in [2.75, 3.05) is 13.2 Å². The topological polar surface area (TPSA) is 108 Å². The normalized spacial score (nSPS) is 16.7. The molecule has 4 atom stereocenters. The maximum Gasteiger partial charge on any atom is 0.306 e. The van der Waals surface area contributed by atoms with E-state index in [1.165, 1.54) is 135 Å². The molecule has 1 heterocycles. The summed E-state index contributed by atoms with van der Waals surface area (Å²) in [6.45, 7) is 6.50. The zero-order valence-electron chi connectivity index (χ0n) is 44.0. The van der Waals surface area contributed by atoms with Gasteiger partial charge in [-0.05, 0) is 96.3 Å². The number of hydrogen-bond acceptors (Lipinski definition) is 8. The van der Waals surface area contributed by atoms with Crippen LogP contribution in [0.15, 0.2) is 36.5 Å². The molecule has 8 nitrogen and oxygen atoms in total. The van der Waals surface area contributed by atoms with Crippen molar-refractivity contribution in [3.8, 4) is 0 Å². The number of allylic oxidation sites excluding steroid dienone is 6. The van der Waals surface area contributed by atoms with E-state index < -0.39 is 30.4 Å². The fourth-order valence-corrected chi connectivity index (χ4v) is 8.81. The third kappa shape index (κ3) is 40.0. The molecule has 1 fully saturated rings. The Labute approximate surface area is 413 Å². The minimum absolute atomic E-state index is 0.00732. The smallest absolute Gasteiger partial charge is 0.306 e. The lowest BCUT2D eigenvalue weighted by atomic mass is 10.1. The molecule has 0 radical (unpaired) electrons. The molecule has 0 bridgehead atoms. The molecular formula is C59H106O8. The molecule has 1 aliphatic heterocycles. The van der Waals surface area contributed by atoms with Gasteiger partial charge >= 0.3 is 17.9 Å². The highest BCUT2D eigenvalue weighted by Gasteiger charge is 2.46. The predicted octanol–water partition coefficient (Wildman–Crippen LogP) is 16.8. The van der Waals surface area contributed by atoms with Crippen LogP contribution in [0, 0.1) is 0 Å². The van der Waals surface area contributed by atoms with E-state index in [-0.39, 0.29) is 44.4 Å². The number of esters is 3.